The highest BCUT2D eigenvalue weighted by molar-refractivity contribution is 5.56. The maximum Gasteiger partial charge on any atom is 0.152 e. The fourth-order valence-corrected chi connectivity index (χ4v) is 2.78. The molecular formula is C14H20N4. The number of aromatic nitrogens is 2. The first-order valence-corrected chi connectivity index (χ1v) is 6.61. The van der Waals surface area contributed by atoms with Gasteiger partial charge in [0, 0.05) is 25.8 Å². The van der Waals surface area contributed by atoms with E-state index in [4.69, 9.17) is 10.7 Å². The average Bonchev–Trinajstić information content (AvgIpc) is 2.90. The van der Waals surface area contributed by atoms with Crippen molar-refractivity contribution >= 4 is 11.5 Å². The van der Waals surface area contributed by atoms with Crippen LogP contribution in [0.25, 0.3) is 5.65 Å². The van der Waals surface area contributed by atoms with Crippen molar-refractivity contribution in [2.24, 2.45) is 17.6 Å². The number of anilines is 1. The minimum atomic E-state index is 0.528. The molecule has 2 atom stereocenters. The van der Waals surface area contributed by atoms with E-state index < -0.39 is 0 Å². The molecule has 4 nitrogen and oxygen atoms in total. The van der Waals surface area contributed by atoms with Crippen LogP contribution in [0, 0.1) is 11.8 Å². The van der Waals surface area contributed by atoms with Crippen molar-refractivity contribution in [2.45, 2.75) is 20.4 Å². The number of rotatable bonds is 2. The third kappa shape index (κ3) is 1.68. The van der Waals surface area contributed by atoms with Crippen LogP contribution in [-0.2, 0) is 6.54 Å². The number of nitrogens with zero attached hydrogens (tertiary/aromatic N) is 3. The van der Waals surface area contributed by atoms with E-state index in [1.54, 1.807) is 0 Å². The Morgan fingerprint density at radius 2 is 2.00 bits per heavy atom. The zero-order valence-electron chi connectivity index (χ0n) is 11.0. The van der Waals surface area contributed by atoms with Gasteiger partial charge in [-0.15, -0.1) is 0 Å². The second-order valence-corrected chi connectivity index (χ2v) is 5.37. The number of imidazole rings is 1. The minimum absolute atomic E-state index is 0.528. The molecule has 0 amide bonds. The molecular weight excluding hydrogens is 224 g/mol. The Balaban J connectivity index is 2.06. The molecule has 3 heterocycles. The van der Waals surface area contributed by atoms with Crippen LogP contribution in [0.3, 0.4) is 0 Å². The van der Waals surface area contributed by atoms with Crippen LogP contribution in [0.15, 0.2) is 24.4 Å². The molecule has 0 spiro atoms. The second-order valence-electron chi connectivity index (χ2n) is 5.37. The highest BCUT2D eigenvalue weighted by Gasteiger charge is 2.29. The fourth-order valence-electron chi connectivity index (χ4n) is 2.78. The van der Waals surface area contributed by atoms with Gasteiger partial charge in [0.15, 0.2) is 5.82 Å². The molecule has 2 aromatic rings. The van der Waals surface area contributed by atoms with E-state index in [1.165, 1.54) is 0 Å². The number of hydrogen-bond acceptors (Lipinski definition) is 3. The summed E-state index contributed by atoms with van der Waals surface area (Å²) in [6.07, 6.45) is 2.04. The van der Waals surface area contributed by atoms with Gasteiger partial charge in [-0.05, 0) is 24.0 Å². The number of nitrogens with two attached hydrogens (primary N) is 1. The molecule has 96 valence electrons. The Kier molecular flexibility index (Phi) is 2.74. The summed E-state index contributed by atoms with van der Waals surface area (Å²) < 4.78 is 2.10. The van der Waals surface area contributed by atoms with Gasteiger partial charge >= 0.3 is 0 Å². The van der Waals surface area contributed by atoms with Crippen molar-refractivity contribution in [3.8, 4) is 0 Å². The van der Waals surface area contributed by atoms with Crippen molar-refractivity contribution in [1.82, 2.24) is 9.38 Å². The molecule has 0 saturated carbocycles. The summed E-state index contributed by atoms with van der Waals surface area (Å²) in [7, 11) is 0. The van der Waals surface area contributed by atoms with Crippen molar-refractivity contribution in [3.63, 3.8) is 0 Å². The lowest BCUT2D eigenvalue weighted by molar-refractivity contribution is 0.494. The Morgan fingerprint density at radius 3 is 2.67 bits per heavy atom. The molecule has 4 heteroatoms. The van der Waals surface area contributed by atoms with E-state index in [1.807, 2.05) is 24.4 Å². The van der Waals surface area contributed by atoms with Crippen LogP contribution in [0.2, 0.25) is 0 Å². The summed E-state index contributed by atoms with van der Waals surface area (Å²) in [6.45, 7) is 7.31. The Morgan fingerprint density at radius 1 is 1.28 bits per heavy atom. The lowest BCUT2D eigenvalue weighted by Gasteiger charge is -2.16. The SMILES string of the molecule is CC1CN(c2nc3ccccn3c2CN)CC1C. The molecule has 0 aromatic carbocycles. The zero-order valence-corrected chi connectivity index (χ0v) is 11.0. The lowest BCUT2D eigenvalue weighted by atomic mass is 10.0. The van der Waals surface area contributed by atoms with E-state index in [2.05, 4.69) is 23.1 Å². The number of hydrogen-bond donors (Lipinski definition) is 1. The number of fused-ring (bicyclic) bond motifs is 1. The van der Waals surface area contributed by atoms with Gasteiger partial charge in [-0.2, -0.15) is 0 Å². The first kappa shape index (κ1) is 11.5. The molecule has 0 radical (unpaired) electrons. The molecule has 2 aromatic heterocycles. The fraction of sp³-hybridized carbons (Fsp3) is 0.500. The van der Waals surface area contributed by atoms with E-state index in [9.17, 15) is 0 Å². The predicted molar refractivity (Wildman–Crippen MR) is 73.6 cm³/mol. The largest absolute Gasteiger partial charge is 0.354 e. The van der Waals surface area contributed by atoms with E-state index >= 15 is 0 Å². The van der Waals surface area contributed by atoms with Gasteiger partial charge in [0.2, 0.25) is 0 Å². The average molecular weight is 244 g/mol. The molecule has 1 fully saturated rings. The third-order valence-corrected chi connectivity index (χ3v) is 4.09. The normalized spacial score (nSPS) is 24.1. The molecule has 2 N–H and O–H groups in total. The third-order valence-electron chi connectivity index (χ3n) is 4.09. The number of pyridine rings is 1. The van der Waals surface area contributed by atoms with Gasteiger partial charge in [0.1, 0.15) is 5.65 Å². The maximum absolute atomic E-state index is 5.91. The molecule has 3 rings (SSSR count). The zero-order chi connectivity index (χ0) is 12.7. The van der Waals surface area contributed by atoms with Gasteiger partial charge in [-0.3, -0.25) is 0 Å². The molecule has 18 heavy (non-hydrogen) atoms. The predicted octanol–water partition coefficient (Wildman–Crippen LogP) is 1.89. The van der Waals surface area contributed by atoms with Gasteiger partial charge in [0.25, 0.3) is 0 Å². The van der Waals surface area contributed by atoms with Crippen LogP contribution in [-0.4, -0.2) is 22.5 Å². The Bertz CT molecular complexity index is 550. The van der Waals surface area contributed by atoms with Crippen LogP contribution < -0.4 is 10.6 Å². The van der Waals surface area contributed by atoms with Crippen molar-refractivity contribution in [1.29, 1.82) is 0 Å². The summed E-state index contributed by atoms with van der Waals surface area (Å²) in [6, 6.07) is 6.07. The van der Waals surface area contributed by atoms with E-state index in [-0.39, 0.29) is 0 Å². The molecule has 1 aliphatic heterocycles. The summed E-state index contributed by atoms with van der Waals surface area (Å²) in [4.78, 5) is 7.12. The monoisotopic (exact) mass is 244 g/mol. The lowest BCUT2D eigenvalue weighted by Crippen LogP contribution is -2.22. The highest BCUT2D eigenvalue weighted by atomic mass is 15.3. The minimum Gasteiger partial charge on any atom is -0.354 e. The van der Waals surface area contributed by atoms with Crippen molar-refractivity contribution in [2.75, 3.05) is 18.0 Å². The summed E-state index contributed by atoms with van der Waals surface area (Å²) in [5, 5.41) is 0. The first-order chi connectivity index (χ1) is 8.70. The van der Waals surface area contributed by atoms with Gasteiger partial charge in [-0.1, -0.05) is 19.9 Å². The quantitative estimate of drug-likeness (QED) is 0.877. The summed E-state index contributed by atoms with van der Waals surface area (Å²) in [5.41, 5.74) is 8.01. The Labute approximate surface area is 107 Å². The van der Waals surface area contributed by atoms with Crippen molar-refractivity contribution in [3.05, 3.63) is 30.1 Å². The van der Waals surface area contributed by atoms with E-state index in [0.29, 0.717) is 6.54 Å². The highest BCUT2D eigenvalue weighted by Crippen LogP contribution is 2.29. The van der Waals surface area contributed by atoms with E-state index in [0.717, 1.165) is 42.1 Å². The van der Waals surface area contributed by atoms with Crippen LogP contribution >= 0.6 is 0 Å². The standard InChI is InChI=1S/C14H20N4/c1-10-8-17(9-11(10)2)14-12(7-15)18-6-4-3-5-13(18)16-14/h3-6,10-11H,7-9,15H2,1-2H3. The topological polar surface area (TPSA) is 46.6 Å². The molecule has 1 aliphatic rings. The molecule has 0 aliphatic carbocycles. The molecule has 2 unspecified atom stereocenters. The van der Waals surface area contributed by atoms with Gasteiger partial charge < -0.3 is 15.0 Å². The van der Waals surface area contributed by atoms with Crippen molar-refractivity contribution < 1.29 is 0 Å². The van der Waals surface area contributed by atoms with Gasteiger partial charge in [-0.25, -0.2) is 4.98 Å². The second kappa shape index (κ2) is 4.28. The Hall–Kier alpha value is -1.55. The maximum atomic E-state index is 5.91. The molecule has 0 bridgehead atoms. The first-order valence-electron chi connectivity index (χ1n) is 6.61. The molecule has 1 saturated heterocycles. The van der Waals surface area contributed by atoms with Gasteiger partial charge in [0.05, 0.1) is 5.69 Å². The smallest absolute Gasteiger partial charge is 0.152 e. The van der Waals surface area contributed by atoms with Crippen LogP contribution in [0.1, 0.15) is 19.5 Å². The summed E-state index contributed by atoms with van der Waals surface area (Å²) >= 11 is 0. The van der Waals surface area contributed by atoms with Crippen LogP contribution in [0.4, 0.5) is 5.82 Å². The van der Waals surface area contributed by atoms with Crippen LogP contribution in [0.5, 0.6) is 0 Å². The summed E-state index contributed by atoms with van der Waals surface area (Å²) in [5.74, 6) is 2.51.